The predicted molar refractivity (Wildman–Crippen MR) is 137 cm³/mol. The van der Waals surface area contributed by atoms with Crippen LogP contribution in [-0.2, 0) is 5.41 Å². The molecule has 0 saturated heterocycles. The molecule has 33 heavy (non-hydrogen) atoms. The van der Waals surface area contributed by atoms with E-state index in [9.17, 15) is 4.79 Å². The Morgan fingerprint density at radius 1 is 1.00 bits per heavy atom. The lowest BCUT2D eigenvalue weighted by atomic mass is 9.71. The zero-order valence-corrected chi connectivity index (χ0v) is 20.9. The van der Waals surface area contributed by atoms with Crippen molar-refractivity contribution in [3.05, 3.63) is 59.4 Å². The maximum atomic E-state index is 13.9. The lowest BCUT2D eigenvalue weighted by Crippen LogP contribution is -2.47. The molecule has 2 fully saturated rings. The van der Waals surface area contributed by atoms with Gasteiger partial charge in [-0.25, -0.2) is 4.79 Å². The van der Waals surface area contributed by atoms with Crippen molar-refractivity contribution < 1.29 is 4.79 Å². The SMILES string of the molecule is CC(C)c1cccc(C(C)C)c1NC(=O)N(CC1CC1)CC1(c2ccccn2)CCCCC1. The fourth-order valence-electron chi connectivity index (χ4n) is 5.48. The molecule has 1 heterocycles. The van der Waals surface area contributed by atoms with Crippen LogP contribution in [0.4, 0.5) is 10.5 Å². The number of anilines is 1. The van der Waals surface area contributed by atoms with Gasteiger partial charge in [0, 0.05) is 36.1 Å². The molecule has 0 bridgehead atoms. The number of rotatable bonds is 8. The predicted octanol–water partition coefficient (Wildman–Crippen LogP) is 7.47. The normalized spacial score (nSPS) is 17.9. The lowest BCUT2D eigenvalue weighted by Gasteiger charge is -2.41. The van der Waals surface area contributed by atoms with Gasteiger partial charge in [-0.2, -0.15) is 0 Å². The minimum atomic E-state index is -0.0375. The van der Waals surface area contributed by atoms with E-state index in [2.05, 4.69) is 68.2 Å². The first-order valence-corrected chi connectivity index (χ1v) is 13.0. The van der Waals surface area contributed by atoms with E-state index in [1.165, 1.54) is 43.2 Å². The van der Waals surface area contributed by atoms with Crippen molar-refractivity contribution in [3.8, 4) is 0 Å². The second kappa shape index (κ2) is 10.3. The second-order valence-electron chi connectivity index (χ2n) is 10.9. The molecule has 0 atom stereocenters. The molecule has 1 aromatic carbocycles. The Hall–Kier alpha value is -2.36. The number of nitrogens with one attached hydrogen (secondary N) is 1. The quantitative estimate of drug-likeness (QED) is 0.456. The Kier molecular flexibility index (Phi) is 7.41. The summed E-state index contributed by atoms with van der Waals surface area (Å²) < 4.78 is 0. The number of carbonyl (C=O) groups is 1. The minimum Gasteiger partial charge on any atom is -0.323 e. The maximum absolute atomic E-state index is 13.9. The number of para-hydroxylation sites is 1. The number of urea groups is 1. The second-order valence-corrected chi connectivity index (χ2v) is 10.9. The van der Waals surface area contributed by atoms with Gasteiger partial charge >= 0.3 is 6.03 Å². The number of pyridine rings is 1. The van der Waals surface area contributed by atoms with E-state index in [4.69, 9.17) is 4.98 Å². The van der Waals surface area contributed by atoms with Gasteiger partial charge in [0.15, 0.2) is 0 Å². The first-order valence-electron chi connectivity index (χ1n) is 13.0. The molecule has 1 aromatic heterocycles. The lowest BCUT2D eigenvalue weighted by molar-refractivity contribution is 0.167. The summed E-state index contributed by atoms with van der Waals surface area (Å²) in [7, 11) is 0. The molecule has 2 aromatic rings. The molecule has 0 aliphatic heterocycles. The molecule has 178 valence electrons. The van der Waals surface area contributed by atoms with Crippen molar-refractivity contribution in [1.29, 1.82) is 0 Å². The number of hydrogen-bond donors (Lipinski definition) is 1. The van der Waals surface area contributed by atoms with Crippen LogP contribution in [-0.4, -0.2) is 29.0 Å². The molecule has 0 radical (unpaired) electrons. The summed E-state index contributed by atoms with van der Waals surface area (Å²) in [5.74, 6) is 1.35. The number of nitrogens with zero attached hydrogens (tertiary/aromatic N) is 2. The molecule has 2 saturated carbocycles. The van der Waals surface area contributed by atoms with Gasteiger partial charge in [0.2, 0.25) is 0 Å². The summed E-state index contributed by atoms with van der Waals surface area (Å²) in [4.78, 5) is 20.8. The molecule has 4 rings (SSSR count). The van der Waals surface area contributed by atoms with E-state index in [0.717, 1.165) is 37.3 Å². The van der Waals surface area contributed by atoms with Crippen LogP contribution in [0.15, 0.2) is 42.6 Å². The Morgan fingerprint density at radius 3 is 2.21 bits per heavy atom. The van der Waals surface area contributed by atoms with Crippen LogP contribution in [0, 0.1) is 5.92 Å². The summed E-state index contributed by atoms with van der Waals surface area (Å²) in [5, 5.41) is 3.40. The van der Waals surface area contributed by atoms with Gasteiger partial charge in [-0.05, 0) is 66.7 Å². The van der Waals surface area contributed by atoms with Crippen LogP contribution in [0.3, 0.4) is 0 Å². The highest BCUT2D eigenvalue weighted by Crippen LogP contribution is 2.41. The van der Waals surface area contributed by atoms with E-state index in [-0.39, 0.29) is 11.4 Å². The third kappa shape index (κ3) is 5.59. The molecule has 2 amide bonds. The van der Waals surface area contributed by atoms with Gasteiger partial charge in [-0.1, -0.05) is 71.2 Å². The van der Waals surface area contributed by atoms with Crippen LogP contribution in [0.2, 0.25) is 0 Å². The van der Waals surface area contributed by atoms with Crippen LogP contribution >= 0.6 is 0 Å². The van der Waals surface area contributed by atoms with E-state index < -0.39 is 0 Å². The molecule has 2 aliphatic carbocycles. The van der Waals surface area contributed by atoms with Gasteiger partial charge in [0.25, 0.3) is 0 Å². The first kappa shape index (κ1) is 23.8. The summed E-state index contributed by atoms with van der Waals surface area (Å²) in [5.41, 5.74) is 4.58. The molecule has 4 heteroatoms. The Morgan fingerprint density at radius 2 is 1.67 bits per heavy atom. The van der Waals surface area contributed by atoms with Gasteiger partial charge in [0.1, 0.15) is 0 Å². The van der Waals surface area contributed by atoms with Gasteiger partial charge < -0.3 is 10.2 Å². The molecular weight excluding hydrogens is 406 g/mol. The summed E-state index contributed by atoms with van der Waals surface area (Å²) in [6.07, 6.45) is 10.3. The fraction of sp³-hybridized carbons (Fsp3) is 0.586. The van der Waals surface area contributed by atoms with Gasteiger partial charge in [-0.15, -0.1) is 0 Å². The fourth-order valence-corrected chi connectivity index (χ4v) is 5.48. The van der Waals surface area contributed by atoms with Crippen molar-refractivity contribution in [1.82, 2.24) is 9.88 Å². The van der Waals surface area contributed by atoms with Crippen molar-refractivity contribution >= 4 is 11.7 Å². The zero-order chi connectivity index (χ0) is 23.4. The van der Waals surface area contributed by atoms with E-state index in [1.807, 2.05) is 12.3 Å². The third-order valence-corrected chi connectivity index (χ3v) is 7.58. The molecule has 4 nitrogen and oxygen atoms in total. The van der Waals surface area contributed by atoms with Crippen molar-refractivity contribution in [3.63, 3.8) is 0 Å². The standard InChI is InChI=1S/C29H41N3O/c1-21(2)24-11-10-12-25(22(3)4)27(24)31-28(33)32(19-23-14-15-23)20-29(16-7-5-8-17-29)26-13-6-9-18-30-26/h6,9-13,18,21-23H,5,7-8,14-17,19-20H2,1-4H3,(H,31,33). The van der Waals surface area contributed by atoms with Crippen molar-refractivity contribution in [2.45, 2.75) is 89.9 Å². The first-order chi connectivity index (χ1) is 15.9. The van der Waals surface area contributed by atoms with E-state index >= 15 is 0 Å². The molecule has 1 N–H and O–H groups in total. The molecule has 0 unspecified atom stereocenters. The molecule has 2 aliphatic rings. The number of amides is 2. The molecular formula is C29H41N3O. The minimum absolute atomic E-state index is 0.0375. The van der Waals surface area contributed by atoms with Crippen LogP contribution in [0.5, 0.6) is 0 Å². The number of hydrogen-bond acceptors (Lipinski definition) is 2. The zero-order valence-electron chi connectivity index (χ0n) is 20.9. The molecule has 0 spiro atoms. The van der Waals surface area contributed by atoms with Crippen LogP contribution < -0.4 is 5.32 Å². The highest BCUT2D eigenvalue weighted by Gasteiger charge is 2.39. The summed E-state index contributed by atoms with van der Waals surface area (Å²) in [6, 6.07) is 12.8. The maximum Gasteiger partial charge on any atom is 0.321 e. The van der Waals surface area contributed by atoms with Gasteiger partial charge in [-0.3, -0.25) is 4.98 Å². The Bertz CT molecular complexity index is 901. The van der Waals surface area contributed by atoms with Crippen LogP contribution in [0.25, 0.3) is 0 Å². The number of carbonyl (C=O) groups excluding carboxylic acids is 1. The monoisotopic (exact) mass is 447 g/mol. The van der Waals surface area contributed by atoms with Crippen LogP contribution in [0.1, 0.15) is 101 Å². The summed E-state index contributed by atoms with van der Waals surface area (Å²) >= 11 is 0. The number of aromatic nitrogens is 1. The van der Waals surface area contributed by atoms with Gasteiger partial charge in [0.05, 0.1) is 0 Å². The topological polar surface area (TPSA) is 45.2 Å². The Labute approximate surface area is 200 Å². The average Bonchev–Trinajstić information content (AvgIpc) is 3.64. The highest BCUT2D eigenvalue weighted by molar-refractivity contribution is 5.91. The highest BCUT2D eigenvalue weighted by atomic mass is 16.2. The smallest absolute Gasteiger partial charge is 0.321 e. The van der Waals surface area contributed by atoms with E-state index in [0.29, 0.717) is 17.8 Å². The van der Waals surface area contributed by atoms with Crippen molar-refractivity contribution in [2.75, 3.05) is 18.4 Å². The number of benzene rings is 1. The Balaban J connectivity index is 1.64. The van der Waals surface area contributed by atoms with Crippen molar-refractivity contribution in [2.24, 2.45) is 5.92 Å². The largest absolute Gasteiger partial charge is 0.323 e. The average molecular weight is 448 g/mol. The van der Waals surface area contributed by atoms with E-state index in [1.54, 1.807) is 0 Å². The summed E-state index contributed by atoms with van der Waals surface area (Å²) in [6.45, 7) is 10.4. The third-order valence-electron chi connectivity index (χ3n) is 7.58.